The van der Waals surface area contributed by atoms with Crippen LogP contribution in [0.15, 0.2) is 40.9 Å². The lowest BCUT2D eigenvalue weighted by Crippen LogP contribution is -2.00. The van der Waals surface area contributed by atoms with Gasteiger partial charge >= 0.3 is 0 Å². The topological polar surface area (TPSA) is 29.5 Å². The van der Waals surface area contributed by atoms with Gasteiger partial charge < -0.3 is 9.84 Å². The normalized spacial score (nSPS) is 15.3. The van der Waals surface area contributed by atoms with Gasteiger partial charge in [-0.1, -0.05) is 35.9 Å². The van der Waals surface area contributed by atoms with Gasteiger partial charge in [0.2, 0.25) is 0 Å². The number of benzene rings is 2. The van der Waals surface area contributed by atoms with Gasteiger partial charge in [-0.15, -0.1) is 0 Å². The first kappa shape index (κ1) is 13.1. The highest BCUT2D eigenvalue weighted by molar-refractivity contribution is 9.10. The summed E-state index contributed by atoms with van der Waals surface area (Å²) in [5.74, 6) is 0. The van der Waals surface area contributed by atoms with E-state index in [0.717, 1.165) is 21.2 Å². The zero-order valence-electron chi connectivity index (χ0n) is 10.1. The van der Waals surface area contributed by atoms with Gasteiger partial charge in [0.1, 0.15) is 6.10 Å². The summed E-state index contributed by atoms with van der Waals surface area (Å²) in [6.45, 7) is 1.29. The molecule has 0 saturated carbocycles. The maximum atomic E-state index is 10.4. The quantitative estimate of drug-likeness (QED) is 0.888. The summed E-state index contributed by atoms with van der Waals surface area (Å²) in [6, 6.07) is 11.4. The Balaban J connectivity index is 1.94. The number of hydrogen-bond acceptors (Lipinski definition) is 2. The molecule has 0 fully saturated rings. The van der Waals surface area contributed by atoms with Gasteiger partial charge in [-0.2, -0.15) is 0 Å². The van der Waals surface area contributed by atoms with E-state index in [1.54, 1.807) is 6.07 Å². The molecule has 0 spiro atoms. The Labute approximate surface area is 125 Å². The molecule has 4 heteroatoms. The molecule has 0 bridgehead atoms. The van der Waals surface area contributed by atoms with Crippen LogP contribution in [0.25, 0.3) is 0 Å². The summed E-state index contributed by atoms with van der Waals surface area (Å²) in [5, 5.41) is 11.1. The number of ether oxygens (including phenoxy) is 1. The second-order valence-electron chi connectivity index (χ2n) is 4.60. The van der Waals surface area contributed by atoms with Crippen molar-refractivity contribution in [2.45, 2.75) is 19.3 Å². The maximum Gasteiger partial charge on any atom is 0.104 e. The zero-order chi connectivity index (χ0) is 13.4. The van der Waals surface area contributed by atoms with Crippen LogP contribution in [-0.2, 0) is 18.0 Å². The van der Waals surface area contributed by atoms with E-state index in [1.807, 2.05) is 30.3 Å². The fraction of sp³-hybridized carbons (Fsp3) is 0.200. The minimum absolute atomic E-state index is 0.625. The lowest BCUT2D eigenvalue weighted by molar-refractivity contribution is 0.134. The number of rotatable bonds is 2. The van der Waals surface area contributed by atoms with E-state index < -0.39 is 6.10 Å². The van der Waals surface area contributed by atoms with Crippen LogP contribution in [0.5, 0.6) is 0 Å². The van der Waals surface area contributed by atoms with E-state index in [0.29, 0.717) is 18.2 Å². The number of hydrogen-bond donors (Lipinski definition) is 1. The van der Waals surface area contributed by atoms with E-state index in [9.17, 15) is 5.11 Å². The minimum atomic E-state index is -0.653. The van der Waals surface area contributed by atoms with Crippen LogP contribution < -0.4 is 0 Å². The Morgan fingerprint density at radius 1 is 1.05 bits per heavy atom. The molecular weight excluding hydrogens is 328 g/mol. The van der Waals surface area contributed by atoms with Crippen molar-refractivity contribution in [3.05, 3.63) is 68.1 Å². The molecule has 0 saturated heterocycles. The number of aliphatic hydroxyl groups is 1. The number of halogens is 2. The van der Waals surface area contributed by atoms with Crippen molar-refractivity contribution in [1.82, 2.24) is 0 Å². The van der Waals surface area contributed by atoms with Gasteiger partial charge in [-0.25, -0.2) is 0 Å². The molecule has 1 heterocycles. The molecule has 98 valence electrons. The third kappa shape index (κ3) is 2.56. The molecule has 1 unspecified atom stereocenters. The van der Waals surface area contributed by atoms with E-state index >= 15 is 0 Å². The third-order valence-corrected chi connectivity index (χ3v) is 4.53. The molecule has 2 nitrogen and oxygen atoms in total. The average Bonchev–Trinajstić information content (AvgIpc) is 2.88. The zero-order valence-corrected chi connectivity index (χ0v) is 12.4. The van der Waals surface area contributed by atoms with Gasteiger partial charge in [0, 0.05) is 4.47 Å². The van der Waals surface area contributed by atoms with Crippen molar-refractivity contribution < 1.29 is 9.84 Å². The highest BCUT2D eigenvalue weighted by Crippen LogP contribution is 2.31. The standard InChI is InChI=1S/C15H12BrClO2/c16-13-6-10(3-4-14(13)17)15(18)9-1-2-11-7-19-8-12(11)5-9/h1-6,15,18H,7-8H2. The van der Waals surface area contributed by atoms with Crippen molar-refractivity contribution in [1.29, 1.82) is 0 Å². The summed E-state index contributed by atoms with van der Waals surface area (Å²) in [4.78, 5) is 0. The Morgan fingerprint density at radius 3 is 2.53 bits per heavy atom. The molecule has 0 radical (unpaired) electrons. The fourth-order valence-corrected chi connectivity index (χ4v) is 2.75. The van der Waals surface area contributed by atoms with E-state index in [1.165, 1.54) is 5.56 Å². The first-order valence-electron chi connectivity index (χ1n) is 5.97. The largest absolute Gasteiger partial charge is 0.384 e. The van der Waals surface area contributed by atoms with Crippen molar-refractivity contribution in [2.24, 2.45) is 0 Å². The summed E-state index contributed by atoms with van der Waals surface area (Å²) in [7, 11) is 0. The molecule has 0 aliphatic carbocycles. The van der Waals surface area contributed by atoms with Crippen LogP contribution in [0.3, 0.4) is 0 Å². The number of aliphatic hydroxyl groups excluding tert-OH is 1. The highest BCUT2D eigenvalue weighted by Gasteiger charge is 2.16. The lowest BCUT2D eigenvalue weighted by Gasteiger charge is -2.13. The molecule has 1 N–H and O–H groups in total. The van der Waals surface area contributed by atoms with Crippen LogP contribution in [0.1, 0.15) is 28.4 Å². The minimum Gasteiger partial charge on any atom is -0.384 e. The second-order valence-corrected chi connectivity index (χ2v) is 5.86. The molecular formula is C15H12BrClO2. The van der Waals surface area contributed by atoms with Crippen molar-refractivity contribution in [3.8, 4) is 0 Å². The molecule has 2 aromatic rings. The van der Waals surface area contributed by atoms with Crippen molar-refractivity contribution in [3.63, 3.8) is 0 Å². The maximum absolute atomic E-state index is 10.4. The Bertz CT molecular complexity index is 628. The molecule has 3 rings (SSSR count). The predicted molar refractivity (Wildman–Crippen MR) is 78.1 cm³/mol. The molecule has 1 aliphatic heterocycles. The van der Waals surface area contributed by atoms with Gasteiger partial charge in [0.05, 0.1) is 18.2 Å². The van der Waals surface area contributed by atoms with E-state index in [4.69, 9.17) is 16.3 Å². The Morgan fingerprint density at radius 2 is 1.74 bits per heavy atom. The molecule has 1 atom stereocenters. The van der Waals surface area contributed by atoms with Gasteiger partial charge in [0.15, 0.2) is 0 Å². The van der Waals surface area contributed by atoms with Crippen LogP contribution >= 0.6 is 27.5 Å². The van der Waals surface area contributed by atoms with Crippen LogP contribution in [-0.4, -0.2) is 5.11 Å². The first-order valence-corrected chi connectivity index (χ1v) is 7.15. The monoisotopic (exact) mass is 338 g/mol. The van der Waals surface area contributed by atoms with Crippen LogP contribution in [0, 0.1) is 0 Å². The Hall–Kier alpha value is -0.870. The fourth-order valence-electron chi connectivity index (χ4n) is 2.24. The summed E-state index contributed by atoms with van der Waals surface area (Å²) >= 11 is 9.34. The molecule has 0 amide bonds. The van der Waals surface area contributed by atoms with Gasteiger partial charge in [0.25, 0.3) is 0 Å². The SMILES string of the molecule is OC(c1ccc(Cl)c(Br)c1)c1ccc2c(c1)COC2. The van der Waals surface area contributed by atoms with Gasteiger partial charge in [-0.3, -0.25) is 0 Å². The van der Waals surface area contributed by atoms with Crippen molar-refractivity contribution >= 4 is 27.5 Å². The molecule has 2 aromatic carbocycles. The van der Waals surface area contributed by atoms with Crippen LogP contribution in [0.2, 0.25) is 5.02 Å². The summed E-state index contributed by atoms with van der Waals surface area (Å²) in [6.07, 6.45) is -0.653. The Kier molecular flexibility index (Phi) is 3.63. The molecule has 1 aliphatic rings. The smallest absolute Gasteiger partial charge is 0.104 e. The summed E-state index contributed by atoms with van der Waals surface area (Å²) in [5.41, 5.74) is 4.05. The lowest BCUT2D eigenvalue weighted by atomic mass is 9.98. The summed E-state index contributed by atoms with van der Waals surface area (Å²) < 4.78 is 6.17. The van der Waals surface area contributed by atoms with Crippen LogP contribution in [0.4, 0.5) is 0 Å². The molecule has 19 heavy (non-hydrogen) atoms. The van der Waals surface area contributed by atoms with Gasteiger partial charge in [-0.05, 0) is 50.3 Å². The predicted octanol–water partition coefficient (Wildman–Crippen LogP) is 4.21. The highest BCUT2D eigenvalue weighted by atomic mass is 79.9. The van der Waals surface area contributed by atoms with E-state index in [2.05, 4.69) is 15.9 Å². The average molecular weight is 340 g/mol. The van der Waals surface area contributed by atoms with E-state index in [-0.39, 0.29) is 0 Å². The number of fused-ring (bicyclic) bond motifs is 1. The molecule has 0 aromatic heterocycles. The third-order valence-electron chi connectivity index (χ3n) is 3.32. The van der Waals surface area contributed by atoms with Crippen molar-refractivity contribution in [2.75, 3.05) is 0 Å². The first-order chi connectivity index (χ1) is 9.15. The second kappa shape index (κ2) is 5.25.